The highest BCUT2D eigenvalue weighted by molar-refractivity contribution is 6.01. The number of phenolic OH excluding ortho intramolecular Hbond substituents is 1. The second-order valence-electron chi connectivity index (χ2n) is 6.43. The fraction of sp³-hybridized carbons (Fsp3) is 0.400. The minimum absolute atomic E-state index is 0.0528. The van der Waals surface area contributed by atoms with Crippen molar-refractivity contribution in [2.45, 2.75) is 33.7 Å². The fourth-order valence-corrected chi connectivity index (χ4v) is 3.16. The van der Waals surface area contributed by atoms with Gasteiger partial charge in [0.1, 0.15) is 11.3 Å². The van der Waals surface area contributed by atoms with Crippen LogP contribution in [0.15, 0.2) is 24.3 Å². The number of benzene rings is 1. The van der Waals surface area contributed by atoms with E-state index >= 15 is 0 Å². The van der Waals surface area contributed by atoms with E-state index in [1.54, 1.807) is 32.2 Å². The van der Waals surface area contributed by atoms with Crippen LogP contribution >= 0.6 is 0 Å². The lowest BCUT2D eigenvalue weighted by Gasteiger charge is -2.17. The van der Waals surface area contributed by atoms with Crippen LogP contribution in [0.25, 0.3) is 0 Å². The van der Waals surface area contributed by atoms with Gasteiger partial charge in [0.15, 0.2) is 6.61 Å². The molecule has 0 bridgehead atoms. The van der Waals surface area contributed by atoms with Gasteiger partial charge in [-0.15, -0.1) is 0 Å². The van der Waals surface area contributed by atoms with Gasteiger partial charge in [-0.3, -0.25) is 4.79 Å². The first kappa shape index (κ1) is 19.7. The Kier molecular flexibility index (Phi) is 6.21. The summed E-state index contributed by atoms with van der Waals surface area (Å²) in [6, 6.07) is 6.69. The zero-order chi connectivity index (χ0) is 19.4. The van der Waals surface area contributed by atoms with E-state index in [1.807, 2.05) is 25.3 Å². The summed E-state index contributed by atoms with van der Waals surface area (Å²) in [5.41, 5.74) is 2.90. The van der Waals surface area contributed by atoms with E-state index in [4.69, 9.17) is 9.47 Å². The van der Waals surface area contributed by atoms with E-state index in [1.165, 1.54) is 6.07 Å². The number of carbonyl (C=O) groups excluding carboxylic acids is 2. The Balaban J connectivity index is 2.12. The van der Waals surface area contributed by atoms with E-state index < -0.39 is 5.97 Å². The van der Waals surface area contributed by atoms with Crippen molar-refractivity contribution in [1.82, 2.24) is 4.57 Å². The second kappa shape index (κ2) is 8.19. The number of nitrogens with zero attached hydrogens (tertiary/aromatic N) is 1. The summed E-state index contributed by atoms with van der Waals surface area (Å²) in [4.78, 5) is 24.7. The number of ether oxygens (including phenoxy) is 2. The number of hydrogen-bond donors (Lipinski definition) is 1. The summed E-state index contributed by atoms with van der Waals surface area (Å²) in [7, 11) is 1.64. The Hall–Kier alpha value is -2.60. The number of carbonyl (C=O) groups is 2. The molecule has 6 nitrogen and oxygen atoms in total. The molecule has 0 aliphatic heterocycles. The van der Waals surface area contributed by atoms with Gasteiger partial charge in [0.2, 0.25) is 5.78 Å². The lowest BCUT2D eigenvalue weighted by atomic mass is 10.1. The fourth-order valence-electron chi connectivity index (χ4n) is 3.16. The molecule has 1 heterocycles. The zero-order valence-corrected chi connectivity index (χ0v) is 15.8. The van der Waals surface area contributed by atoms with Gasteiger partial charge in [-0.25, -0.2) is 4.79 Å². The summed E-state index contributed by atoms with van der Waals surface area (Å²) in [5, 5.41) is 9.94. The number of aromatic hydroxyl groups is 1. The first-order chi connectivity index (χ1) is 12.3. The Morgan fingerprint density at radius 1 is 1.19 bits per heavy atom. The highest BCUT2D eigenvalue weighted by Gasteiger charge is 2.21. The molecule has 1 atom stereocenters. The normalized spacial score (nSPS) is 12.0. The number of Topliss-reactive ketones (excluding diaryl/α,β-unsaturated/α-hetero) is 1. The molecule has 0 spiro atoms. The van der Waals surface area contributed by atoms with Crippen molar-refractivity contribution >= 4 is 11.8 Å². The molecule has 1 aromatic carbocycles. The molecule has 0 aliphatic carbocycles. The molecule has 140 valence electrons. The molecular formula is C20H25NO5. The van der Waals surface area contributed by atoms with Crippen molar-refractivity contribution in [1.29, 1.82) is 0 Å². The summed E-state index contributed by atoms with van der Waals surface area (Å²) < 4.78 is 12.3. The van der Waals surface area contributed by atoms with Gasteiger partial charge >= 0.3 is 5.97 Å². The first-order valence-electron chi connectivity index (χ1n) is 8.44. The van der Waals surface area contributed by atoms with Gasteiger partial charge in [-0.1, -0.05) is 12.1 Å². The van der Waals surface area contributed by atoms with Crippen LogP contribution in [0.1, 0.15) is 50.6 Å². The zero-order valence-electron chi connectivity index (χ0n) is 15.8. The van der Waals surface area contributed by atoms with Gasteiger partial charge in [0, 0.05) is 24.1 Å². The third-order valence-electron chi connectivity index (χ3n) is 4.43. The van der Waals surface area contributed by atoms with E-state index in [0.29, 0.717) is 17.7 Å². The minimum Gasteiger partial charge on any atom is -0.507 e. The minimum atomic E-state index is -0.721. The van der Waals surface area contributed by atoms with E-state index in [0.717, 1.165) is 11.4 Å². The Bertz CT molecular complexity index is 822. The van der Waals surface area contributed by atoms with Gasteiger partial charge < -0.3 is 19.1 Å². The molecule has 26 heavy (non-hydrogen) atoms. The van der Waals surface area contributed by atoms with Crippen molar-refractivity contribution in [2.24, 2.45) is 0 Å². The summed E-state index contributed by atoms with van der Waals surface area (Å²) in [5.74, 6) is -1.13. The largest absolute Gasteiger partial charge is 0.507 e. The van der Waals surface area contributed by atoms with Gasteiger partial charge in [0.05, 0.1) is 12.6 Å². The molecule has 0 amide bonds. The molecule has 2 aromatic rings. The molecular weight excluding hydrogens is 334 g/mol. The third-order valence-corrected chi connectivity index (χ3v) is 4.43. The molecule has 1 N–H and O–H groups in total. The first-order valence-corrected chi connectivity index (χ1v) is 8.44. The maximum Gasteiger partial charge on any atom is 0.342 e. The van der Waals surface area contributed by atoms with E-state index in [-0.39, 0.29) is 29.7 Å². The van der Waals surface area contributed by atoms with Crippen LogP contribution < -0.4 is 0 Å². The molecule has 0 saturated heterocycles. The molecule has 1 aromatic heterocycles. The highest BCUT2D eigenvalue weighted by atomic mass is 16.5. The van der Waals surface area contributed by atoms with Crippen LogP contribution in [0.2, 0.25) is 0 Å². The molecule has 0 aliphatic rings. The predicted molar refractivity (Wildman–Crippen MR) is 97.9 cm³/mol. The van der Waals surface area contributed by atoms with Crippen molar-refractivity contribution in [3.63, 3.8) is 0 Å². The highest BCUT2D eigenvalue weighted by Crippen LogP contribution is 2.23. The average molecular weight is 359 g/mol. The van der Waals surface area contributed by atoms with Gasteiger partial charge in [-0.2, -0.15) is 0 Å². The monoisotopic (exact) mass is 359 g/mol. The summed E-state index contributed by atoms with van der Waals surface area (Å²) >= 11 is 0. The number of aromatic nitrogens is 1. The second-order valence-corrected chi connectivity index (χ2v) is 6.43. The lowest BCUT2D eigenvalue weighted by Crippen LogP contribution is -2.17. The smallest absolute Gasteiger partial charge is 0.342 e. The lowest BCUT2D eigenvalue weighted by molar-refractivity contribution is 0.0471. The Labute approximate surface area is 153 Å². The average Bonchev–Trinajstić information content (AvgIpc) is 2.89. The van der Waals surface area contributed by atoms with E-state index in [2.05, 4.69) is 0 Å². The quantitative estimate of drug-likeness (QED) is 0.606. The number of hydrogen-bond acceptors (Lipinski definition) is 5. The summed E-state index contributed by atoms with van der Waals surface area (Å²) in [6.45, 7) is 7.64. The van der Waals surface area contributed by atoms with Crippen molar-refractivity contribution in [3.8, 4) is 5.75 Å². The molecule has 0 unspecified atom stereocenters. The number of aryl methyl sites for hydroxylation is 2. The standard InChI is InChI=1S/C20H25NO5/c1-12-7-6-8-16(19(12)23)20(24)26-11-18(22)17-9-13(2)21(15(17)4)14(3)10-25-5/h6-9,14,23H,10-11H2,1-5H3/t14-/m0/s1. The third kappa shape index (κ3) is 3.96. The SMILES string of the molecule is COC[C@H](C)n1c(C)cc(C(=O)COC(=O)c2cccc(C)c2O)c1C. The molecule has 2 rings (SSSR count). The maximum atomic E-state index is 12.5. The van der Waals surface area contributed by atoms with E-state index in [9.17, 15) is 14.7 Å². The number of ketones is 1. The van der Waals surface area contributed by atoms with Crippen LogP contribution in [-0.2, 0) is 9.47 Å². The maximum absolute atomic E-state index is 12.5. The van der Waals surface area contributed by atoms with Crippen LogP contribution in [0.4, 0.5) is 0 Å². The van der Waals surface area contributed by atoms with Gasteiger partial charge in [-0.05, 0) is 45.4 Å². The summed E-state index contributed by atoms with van der Waals surface area (Å²) in [6.07, 6.45) is 0. The topological polar surface area (TPSA) is 77.8 Å². The number of para-hydroxylation sites is 1. The number of esters is 1. The Morgan fingerprint density at radius 2 is 1.88 bits per heavy atom. The van der Waals surface area contributed by atoms with Crippen molar-refractivity contribution in [2.75, 3.05) is 20.3 Å². The molecule has 0 fully saturated rings. The predicted octanol–water partition coefficient (Wildman–Crippen LogP) is 3.37. The van der Waals surface area contributed by atoms with Crippen LogP contribution in [0, 0.1) is 20.8 Å². The van der Waals surface area contributed by atoms with Crippen molar-refractivity contribution < 1.29 is 24.2 Å². The number of phenols is 1. The van der Waals surface area contributed by atoms with Crippen LogP contribution in [0.5, 0.6) is 5.75 Å². The number of methoxy groups -OCH3 is 1. The number of rotatable bonds is 7. The van der Waals surface area contributed by atoms with Crippen molar-refractivity contribution in [3.05, 3.63) is 52.3 Å². The Morgan fingerprint density at radius 3 is 2.54 bits per heavy atom. The molecule has 0 radical (unpaired) electrons. The van der Waals surface area contributed by atoms with Crippen LogP contribution in [0.3, 0.4) is 0 Å². The molecule has 0 saturated carbocycles. The van der Waals surface area contributed by atoms with Gasteiger partial charge in [0.25, 0.3) is 0 Å². The molecule has 6 heteroatoms. The van der Waals surface area contributed by atoms with Crippen LogP contribution in [-0.4, -0.2) is 41.7 Å².